The molecule has 166 valence electrons. The van der Waals surface area contributed by atoms with Crippen molar-refractivity contribution in [3.63, 3.8) is 0 Å². The predicted molar refractivity (Wildman–Crippen MR) is 125 cm³/mol. The topological polar surface area (TPSA) is 82.1 Å². The summed E-state index contributed by atoms with van der Waals surface area (Å²) in [5.41, 5.74) is 2.23. The molecule has 1 amide bonds. The van der Waals surface area contributed by atoms with Crippen LogP contribution in [0.3, 0.4) is 0 Å². The third-order valence-corrected chi connectivity index (χ3v) is 5.11. The molecule has 8 nitrogen and oxygen atoms in total. The first-order valence-electron chi connectivity index (χ1n) is 10.7. The van der Waals surface area contributed by atoms with E-state index in [0.29, 0.717) is 18.8 Å². The Hall–Kier alpha value is -3.29. The standard InChI is InChI=1S/C23H32N6O2/c1-4-24-23(25-11-10-22(30)27-21-9-8-18(2)17-26-21)29-14-12-28(13-15-29)19-6-5-7-20(16-19)31-3/h5-9,16-17H,4,10-15H2,1-3H3,(H,24,25)(H,26,27,30). The van der Waals surface area contributed by atoms with E-state index in [1.54, 1.807) is 13.3 Å². The minimum Gasteiger partial charge on any atom is -0.497 e. The number of pyridine rings is 1. The molecule has 0 radical (unpaired) electrons. The number of piperazine rings is 1. The molecule has 0 aliphatic carbocycles. The summed E-state index contributed by atoms with van der Waals surface area (Å²) in [6, 6.07) is 11.9. The fourth-order valence-electron chi connectivity index (χ4n) is 3.42. The highest BCUT2D eigenvalue weighted by Gasteiger charge is 2.20. The molecule has 2 aromatic rings. The number of carbonyl (C=O) groups is 1. The van der Waals surface area contributed by atoms with Crippen LogP contribution in [0, 0.1) is 6.92 Å². The van der Waals surface area contributed by atoms with E-state index in [-0.39, 0.29) is 5.91 Å². The van der Waals surface area contributed by atoms with Crippen LogP contribution in [-0.2, 0) is 4.79 Å². The van der Waals surface area contributed by atoms with Crippen LogP contribution in [0.2, 0.25) is 0 Å². The maximum atomic E-state index is 12.2. The second-order valence-electron chi connectivity index (χ2n) is 7.43. The monoisotopic (exact) mass is 424 g/mol. The molecule has 1 aromatic carbocycles. The molecule has 2 N–H and O–H groups in total. The van der Waals surface area contributed by atoms with Gasteiger partial charge in [0.2, 0.25) is 5.91 Å². The summed E-state index contributed by atoms with van der Waals surface area (Å²) in [5.74, 6) is 2.21. The van der Waals surface area contributed by atoms with E-state index in [4.69, 9.17) is 4.74 Å². The van der Waals surface area contributed by atoms with E-state index in [2.05, 4.69) is 49.5 Å². The van der Waals surface area contributed by atoms with Crippen molar-refractivity contribution in [1.29, 1.82) is 0 Å². The molecule has 3 rings (SSSR count). The van der Waals surface area contributed by atoms with Crippen LogP contribution in [0.1, 0.15) is 18.9 Å². The number of guanidine groups is 1. The van der Waals surface area contributed by atoms with Crippen molar-refractivity contribution >= 4 is 23.4 Å². The van der Waals surface area contributed by atoms with Crippen LogP contribution in [-0.4, -0.2) is 68.1 Å². The summed E-state index contributed by atoms with van der Waals surface area (Å²) in [6.07, 6.45) is 2.05. The van der Waals surface area contributed by atoms with Crippen LogP contribution in [0.5, 0.6) is 5.75 Å². The van der Waals surface area contributed by atoms with Crippen LogP contribution in [0.4, 0.5) is 11.5 Å². The molecule has 0 spiro atoms. The van der Waals surface area contributed by atoms with Crippen LogP contribution in [0.15, 0.2) is 47.6 Å². The number of nitrogens with one attached hydrogen (secondary N) is 2. The number of methoxy groups -OCH3 is 1. The number of aliphatic imine (C=N–C) groups is 1. The molecule has 0 unspecified atom stereocenters. The average Bonchev–Trinajstić information content (AvgIpc) is 2.80. The zero-order chi connectivity index (χ0) is 22.1. The van der Waals surface area contributed by atoms with Gasteiger partial charge < -0.3 is 25.2 Å². The van der Waals surface area contributed by atoms with Gasteiger partial charge in [-0.2, -0.15) is 0 Å². The van der Waals surface area contributed by atoms with Crippen LogP contribution < -0.4 is 20.3 Å². The fourth-order valence-corrected chi connectivity index (χ4v) is 3.42. The van der Waals surface area contributed by atoms with Crippen molar-refractivity contribution in [2.75, 3.05) is 56.6 Å². The van der Waals surface area contributed by atoms with Crippen molar-refractivity contribution in [3.05, 3.63) is 48.2 Å². The minimum absolute atomic E-state index is 0.0844. The lowest BCUT2D eigenvalue weighted by atomic mass is 10.2. The highest BCUT2D eigenvalue weighted by molar-refractivity contribution is 5.90. The third kappa shape index (κ3) is 6.60. The Labute approximate surface area is 184 Å². The number of nitrogens with zero attached hydrogens (tertiary/aromatic N) is 4. The van der Waals surface area contributed by atoms with Gasteiger partial charge in [-0.15, -0.1) is 0 Å². The van der Waals surface area contributed by atoms with Gasteiger partial charge in [0.05, 0.1) is 13.7 Å². The van der Waals surface area contributed by atoms with Crippen LogP contribution in [0.25, 0.3) is 0 Å². The van der Waals surface area contributed by atoms with E-state index in [9.17, 15) is 4.79 Å². The SMILES string of the molecule is CCNC(=NCCC(=O)Nc1ccc(C)cn1)N1CCN(c2cccc(OC)c2)CC1. The lowest BCUT2D eigenvalue weighted by molar-refractivity contribution is -0.116. The number of rotatable bonds is 7. The first kappa shape index (κ1) is 22.4. The number of ether oxygens (including phenoxy) is 1. The number of benzene rings is 1. The summed E-state index contributed by atoms with van der Waals surface area (Å²) in [5, 5.41) is 6.17. The molecule has 31 heavy (non-hydrogen) atoms. The molecule has 0 bridgehead atoms. The summed E-state index contributed by atoms with van der Waals surface area (Å²) in [4.78, 5) is 25.7. The molecule has 2 heterocycles. The number of hydrogen-bond acceptors (Lipinski definition) is 5. The molecule has 1 aliphatic heterocycles. The molecule has 0 atom stereocenters. The Kier molecular flexibility index (Phi) is 8.09. The molecule has 1 fully saturated rings. The smallest absolute Gasteiger partial charge is 0.227 e. The Morgan fingerprint density at radius 3 is 2.68 bits per heavy atom. The number of amides is 1. The Morgan fingerprint density at radius 2 is 2.00 bits per heavy atom. The zero-order valence-electron chi connectivity index (χ0n) is 18.6. The van der Waals surface area contributed by atoms with Gasteiger partial charge in [-0.05, 0) is 37.6 Å². The van der Waals surface area contributed by atoms with Crippen molar-refractivity contribution < 1.29 is 9.53 Å². The number of anilines is 2. The van der Waals surface area contributed by atoms with Crippen molar-refractivity contribution in [2.24, 2.45) is 4.99 Å². The van der Waals surface area contributed by atoms with Gasteiger partial charge >= 0.3 is 0 Å². The number of hydrogen-bond donors (Lipinski definition) is 2. The summed E-state index contributed by atoms with van der Waals surface area (Å²) < 4.78 is 5.34. The molecule has 8 heteroatoms. The summed E-state index contributed by atoms with van der Waals surface area (Å²) >= 11 is 0. The van der Waals surface area contributed by atoms with Gasteiger partial charge in [0.25, 0.3) is 0 Å². The van der Waals surface area contributed by atoms with Gasteiger partial charge in [-0.1, -0.05) is 12.1 Å². The van der Waals surface area contributed by atoms with E-state index in [1.165, 1.54) is 5.69 Å². The number of carbonyl (C=O) groups excluding carboxylic acids is 1. The summed E-state index contributed by atoms with van der Waals surface area (Å²) in [7, 11) is 1.69. The van der Waals surface area contributed by atoms with Crippen molar-refractivity contribution in [3.8, 4) is 5.75 Å². The van der Waals surface area contributed by atoms with Crippen molar-refractivity contribution in [2.45, 2.75) is 20.3 Å². The van der Waals surface area contributed by atoms with Gasteiger partial charge in [-0.3, -0.25) is 9.79 Å². The van der Waals surface area contributed by atoms with Crippen LogP contribution >= 0.6 is 0 Å². The second-order valence-corrected chi connectivity index (χ2v) is 7.43. The maximum absolute atomic E-state index is 12.2. The maximum Gasteiger partial charge on any atom is 0.227 e. The lowest BCUT2D eigenvalue weighted by Crippen LogP contribution is -2.52. The Balaban J connectivity index is 1.51. The van der Waals surface area contributed by atoms with E-state index in [1.807, 2.05) is 31.2 Å². The van der Waals surface area contributed by atoms with E-state index < -0.39 is 0 Å². The quantitative estimate of drug-likeness (QED) is 0.525. The Bertz CT molecular complexity index is 876. The molecule has 1 saturated heterocycles. The molecule has 1 aliphatic rings. The Morgan fingerprint density at radius 1 is 1.19 bits per heavy atom. The first-order chi connectivity index (χ1) is 15.1. The zero-order valence-corrected chi connectivity index (χ0v) is 18.6. The molecule has 1 aromatic heterocycles. The summed E-state index contributed by atoms with van der Waals surface area (Å²) in [6.45, 7) is 8.76. The lowest BCUT2D eigenvalue weighted by Gasteiger charge is -2.37. The highest BCUT2D eigenvalue weighted by Crippen LogP contribution is 2.22. The normalized spacial score (nSPS) is 14.4. The molecular weight excluding hydrogens is 392 g/mol. The van der Waals surface area contributed by atoms with E-state index in [0.717, 1.165) is 50.0 Å². The molecule has 0 saturated carbocycles. The van der Waals surface area contributed by atoms with Crippen molar-refractivity contribution in [1.82, 2.24) is 15.2 Å². The van der Waals surface area contributed by atoms with E-state index >= 15 is 0 Å². The second kappa shape index (κ2) is 11.2. The largest absolute Gasteiger partial charge is 0.497 e. The molecular formula is C23H32N6O2. The predicted octanol–water partition coefficient (Wildman–Crippen LogP) is 2.51. The van der Waals surface area contributed by atoms with Gasteiger partial charge in [0.15, 0.2) is 5.96 Å². The van der Waals surface area contributed by atoms with Gasteiger partial charge in [-0.25, -0.2) is 4.98 Å². The van der Waals surface area contributed by atoms with Gasteiger partial charge in [0.1, 0.15) is 11.6 Å². The van der Waals surface area contributed by atoms with Gasteiger partial charge in [0, 0.05) is 57.1 Å². The first-order valence-corrected chi connectivity index (χ1v) is 10.7. The average molecular weight is 425 g/mol. The minimum atomic E-state index is -0.0844. The highest BCUT2D eigenvalue weighted by atomic mass is 16.5. The number of aryl methyl sites for hydroxylation is 1. The third-order valence-electron chi connectivity index (χ3n) is 5.11. The number of aromatic nitrogens is 1. The fraction of sp³-hybridized carbons (Fsp3) is 0.435.